The van der Waals surface area contributed by atoms with Crippen LogP contribution in [0.4, 0.5) is 0 Å². The molecule has 8 nitrogen and oxygen atoms in total. The van der Waals surface area contributed by atoms with E-state index in [1.54, 1.807) is 25.8 Å². The highest BCUT2D eigenvalue weighted by Crippen LogP contribution is 2.41. The number of likely N-dealkylation sites (N-methyl/N-ethyl adjacent to an activating group) is 2. The number of nitriles is 2. The lowest BCUT2D eigenvalue weighted by molar-refractivity contribution is -0.137. The summed E-state index contributed by atoms with van der Waals surface area (Å²) in [5, 5.41) is 21.5. The molecule has 0 saturated heterocycles. The maximum Gasteiger partial charge on any atom is 0.243 e. The van der Waals surface area contributed by atoms with Crippen LogP contribution in [0.3, 0.4) is 0 Å². The van der Waals surface area contributed by atoms with Crippen LogP contribution in [0, 0.1) is 34.0 Å². The molecule has 0 aromatic carbocycles. The molecule has 0 aromatic rings. The van der Waals surface area contributed by atoms with Crippen LogP contribution in [-0.2, 0) is 14.4 Å². The number of rotatable bonds is 7. The number of nitrogens with one attached hydrogen (secondary N) is 1. The molecule has 1 aliphatic rings. The van der Waals surface area contributed by atoms with E-state index < -0.39 is 17.2 Å². The third-order valence-electron chi connectivity index (χ3n) is 4.59. The van der Waals surface area contributed by atoms with Crippen LogP contribution in [0.1, 0.15) is 27.7 Å². The molecule has 1 aliphatic heterocycles. The number of carbonyl (C=O) groups is 3. The van der Waals surface area contributed by atoms with Crippen LogP contribution in [0.2, 0.25) is 0 Å². The molecule has 3 amide bonds. The van der Waals surface area contributed by atoms with E-state index in [9.17, 15) is 24.9 Å². The Labute approximate surface area is 164 Å². The molecular formula is C18H25N5O3S. The Balaban J connectivity index is 2.84. The van der Waals surface area contributed by atoms with Gasteiger partial charge in [0.1, 0.15) is 5.92 Å². The summed E-state index contributed by atoms with van der Waals surface area (Å²) in [6.45, 7) is 8.19. The zero-order valence-corrected chi connectivity index (χ0v) is 17.1. The molecular weight excluding hydrogens is 366 g/mol. The molecule has 1 N–H and O–H groups in total. The van der Waals surface area contributed by atoms with Crippen molar-refractivity contribution in [1.29, 1.82) is 10.5 Å². The minimum Gasteiger partial charge on any atom is -0.342 e. The number of nitrogens with zero attached hydrogens (tertiary/aromatic N) is 4. The Morgan fingerprint density at radius 2 is 1.81 bits per heavy atom. The molecule has 1 heterocycles. The fourth-order valence-electron chi connectivity index (χ4n) is 2.75. The first kappa shape index (κ1) is 22.5. The van der Waals surface area contributed by atoms with Crippen LogP contribution >= 0.6 is 11.8 Å². The van der Waals surface area contributed by atoms with Crippen LogP contribution in [0.15, 0.2) is 10.6 Å². The van der Waals surface area contributed by atoms with Gasteiger partial charge >= 0.3 is 0 Å². The molecule has 0 unspecified atom stereocenters. The van der Waals surface area contributed by atoms with Crippen molar-refractivity contribution >= 4 is 29.5 Å². The van der Waals surface area contributed by atoms with Gasteiger partial charge in [-0.05, 0) is 13.8 Å². The second-order valence-corrected chi connectivity index (χ2v) is 7.68. The van der Waals surface area contributed by atoms with E-state index in [1.165, 1.54) is 4.90 Å². The molecule has 0 aliphatic carbocycles. The lowest BCUT2D eigenvalue weighted by Gasteiger charge is -2.34. The van der Waals surface area contributed by atoms with Crippen LogP contribution < -0.4 is 5.32 Å². The highest BCUT2D eigenvalue weighted by molar-refractivity contribution is 8.03. The molecule has 0 fully saturated rings. The van der Waals surface area contributed by atoms with E-state index in [2.05, 4.69) is 11.4 Å². The third-order valence-corrected chi connectivity index (χ3v) is 5.57. The van der Waals surface area contributed by atoms with E-state index in [-0.39, 0.29) is 34.7 Å². The fourth-order valence-corrected chi connectivity index (χ4v) is 3.86. The SMILES string of the molecule is CCN(CC)C(=O)CN(C)C(=O)CSC1=C(C#N)C(C)(C)[C@H](C#N)C(=O)N1. The van der Waals surface area contributed by atoms with Gasteiger partial charge in [0.2, 0.25) is 17.7 Å². The molecule has 0 aromatic heterocycles. The van der Waals surface area contributed by atoms with E-state index in [1.807, 2.05) is 19.9 Å². The number of hydrogen-bond donors (Lipinski definition) is 1. The Morgan fingerprint density at radius 3 is 2.30 bits per heavy atom. The van der Waals surface area contributed by atoms with E-state index in [0.29, 0.717) is 13.1 Å². The quantitative estimate of drug-likeness (QED) is 0.694. The number of allylic oxidation sites excluding steroid dienone is 1. The fraction of sp³-hybridized carbons (Fsp3) is 0.611. The predicted molar refractivity (Wildman–Crippen MR) is 102 cm³/mol. The topological polar surface area (TPSA) is 117 Å². The van der Waals surface area contributed by atoms with Gasteiger partial charge in [-0.1, -0.05) is 25.6 Å². The highest BCUT2D eigenvalue weighted by Gasteiger charge is 2.44. The van der Waals surface area contributed by atoms with Gasteiger partial charge in [0.25, 0.3) is 0 Å². The van der Waals surface area contributed by atoms with Crippen molar-refractivity contribution in [2.75, 3.05) is 32.4 Å². The predicted octanol–water partition coefficient (Wildman–Crippen LogP) is 1.08. The molecule has 0 bridgehead atoms. The standard InChI is InChI=1S/C18H25N5O3S/c1-6-23(7-2)14(24)10-22(5)15(25)11-27-17-13(9-20)18(3,4)12(8-19)16(26)21-17/h12H,6-7,10-11H2,1-5H3,(H,21,26)/t12-/m1/s1. The van der Waals surface area contributed by atoms with Gasteiger partial charge in [0, 0.05) is 25.6 Å². The monoisotopic (exact) mass is 391 g/mol. The maximum atomic E-state index is 12.3. The van der Waals surface area contributed by atoms with Gasteiger partial charge in [-0.2, -0.15) is 10.5 Å². The van der Waals surface area contributed by atoms with Gasteiger partial charge in [-0.25, -0.2) is 0 Å². The lowest BCUT2D eigenvalue weighted by atomic mass is 9.72. The number of thioether (sulfide) groups is 1. The van der Waals surface area contributed by atoms with Crippen LogP contribution in [0.25, 0.3) is 0 Å². The van der Waals surface area contributed by atoms with Gasteiger partial charge in [0.05, 0.1) is 35.0 Å². The van der Waals surface area contributed by atoms with Gasteiger partial charge in [-0.3, -0.25) is 14.4 Å². The summed E-state index contributed by atoms with van der Waals surface area (Å²) in [6, 6.07) is 3.98. The summed E-state index contributed by atoms with van der Waals surface area (Å²) in [4.78, 5) is 39.6. The van der Waals surface area contributed by atoms with E-state index in [4.69, 9.17) is 0 Å². The maximum absolute atomic E-state index is 12.3. The summed E-state index contributed by atoms with van der Waals surface area (Å²) >= 11 is 1.03. The summed E-state index contributed by atoms with van der Waals surface area (Å²) in [5.41, 5.74) is -0.671. The van der Waals surface area contributed by atoms with Crippen molar-refractivity contribution in [2.24, 2.45) is 11.3 Å². The second-order valence-electron chi connectivity index (χ2n) is 6.69. The minimum absolute atomic E-state index is 0.0282. The van der Waals surface area contributed by atoms with Crippen LogP contribution in [-0.4, -0.2) is 60.0 Å². The largest absolute Gasteiger partial charge is 0.342 e. The average molecular weight is 391 g/mol. The Bertz CT molecular complexity index is 728. The third kappa shape index (κ3) is 5.01. The first-order valence-corrected chi connectivity index (χ1v) is 9.62. The molecule has 1 atom stereocenters. The summed E-state index contributed by atoms with van der Waals surface area (Å²) < 4.78 is 0. The van der Waals surface area contributed by atoms with E-state index >= 15 is 0 Å². The zero-order valence-electron chi connectivity index (χ0n) is 16.3. The first-order chi connectivity index (χ1) is 12.6. The van der Waals surface area contributed by atoms with Crippen molar-refractivity contribution in [3.8, 4) is 12.1 Å². The van der Waals surface area contributed by atoms with Crippen molar-refractivity contribution in [3.63, 3.8) is 0 Å². The van der Waals surface area contributed by atoms with Gasteiger partial charge in [-0.15, -0.1) is 0 Å². The normalized spacial score (nSPS) is 18.2. The molecule has 27 heavy (non-hydrogen) atoms. The highest BCUT2D eigenvalue weighted by atomic mass is 32.2. The average Bonchev–Trinajstić information content (AvgIpc) is 2.60. The molecule has 0 radical (unpaired) electrons. The second kappa shape index (κ2) is 9.43. The van der Waals surface area contributed by atoms with Crippen molar-refractivity contribution in [3.05, 3.63) is 10.6 Å². The van der Waals surface area contributed by atoms with Crippen molar-refractivity contribution < 1.29 is 14.4 Å². The Hall–Kier alpha value is -2.52. The number of hydrogen-bond acceptors (Lipinski definition) is 6. The zero-order chi connectivity index (χ0) is 20.8. The van der Waals surface area contributed by atoms with Crippen LogP contribution in [0.5, 0.6) is 0 Å². The Morgan fingerprint density at radius 1 is 1.22 bits per heavy atom. The summed E-state index contributed by atoms with van der Waals surface area (Å²) in [7, 11) is 1.54. The molecule has 0 spiro atoms. The van der Waals surface area contributed by atoms with Crippen molar-refractivity contribution in [1.82, 2.24) is 15.1 Å². The number of amides is 3. The van der Waals surface area contributed by atoms with Gasteiger partial charge < -0.3 is 15.1 Å². The summed E-state index contributed by atoms with van der Waals surface area (Å²) in [5.74, 6) is -1.92. The molecule has 146 valence electrons. The van der Waals surface area contributed by atoms with Gasteiger partial charge in [0.15, 0.2) is 0 Å². The minimum atomic E-state index is -0.971. The van der Waals surface area contributed by atoms with Crippen molar-refractivity contribution in [2.45, 2.75) is 27.7 Å². The molecule has 9 heteroatoms. The molecule has 0 saturated carbocycles. The summed E-state index contributed by atoms with van der Waals surface area (Å²) in [6.07, 6.45) is 0. The number of carbonyl (C=O) groups excluding carboxylic acids is 3. The molecule has 1 rings (SSSR count). The first-order valence-electron chi connectivity index (χ1n) is 8.63. The Kier molecular flexibility index (Phi) is 7.86. The van der Waals surface area contributed by atoms with E-state index in [0.717, 1.165) is 11.8 Å². The lowest BCUT2D eigenvalue weighted by Crippen LogP contribution is -2.45. The smallest absolute Gasteiger partial charge is 0.243 e.